The zero-order valence-corrected chi connectivity index (χ0v) is 17.9. The lowest BCUT2D eigenvalue weighted by molar-refractivity contribution is -0.114. The fourth-order valence-corrected chi connectivity index (χ4v) is 5.10. The summed E-state index contributed by atoms with van der Waals surface area (Å²) < 4.78 is 2.03. The summed E-state index contributed by atoms with van der Waals surface area (Å²) in [4.78, 5) is 25.2. The normalized spacial score (nSPS) is 12.9. The van der Waals surface area contributed by atoms with Gasteiger partial charge in [-0.2, -0.15) is 5.10 Å². The van der Waals surface area contributed by atoms with Crippen LogP contribution in [0.25, 0.3) is 27.6 Å². The highest BCUT2D eigenvalue weighted by molar-refractivity contribution is 7.19. The number of imidazole rings is 1. The average molecular weight is 419 g/mol. The molecule has 0 bridgehead atoms. The Morgan fingerprint density at radius 3 is 2.77 bits per heavy atom. The van der Waals surface area contributed by atoms with Crippen LogP contribution in [0.4, 0.5) is 5.13 Å². The van der Waals surface area contributed by atoms with Crippen molar-refractivity contribution in [1.29, 1.82) is 0 Å². The number of thiazole rings is 1. The van der Waals surface area contributed by atoms with E-state index in [4.69, 9.17) is 10.1 Å². The molecule has 4 aromatic rings. The number of fused-ring (bicyclic) bond motifs is 3. The van der Waals surface area contributed by atoms with Crippen LogP contribution < -0.4 is 5.32 Å². The third-order valence-corrected chi connectivity index (χ3v) is 6.33. The Labute approximate surface area is 178 Å². The summed E-state index contributed by atoms with van der Waals surface area (Å²) in [6.07, 6.45) is 4.66. The third kappa shape index (κ3) is 3.13. The number of aromatic amines is 1. The highest BCUT2D eigenvalue weighted by atomic mass is 32.1. The number of carbonyl (C=O) groups is 1. The molecule has 1 amide bonds. The number of aromatic nitrogens is 5. The maximum atomic E-state index is 11.6. The molecule has 0 radical (unpaired) electrons. The first-order valence-electron chi connectivity index (χ1n) is 9.99. The third-order valence-electron chi connectivity index (χ3n) is 5.31. The molecule has 0 saturated heterocycles. The molecule has 7 nitrogen and oxygen atoms in total. The van der Waals surface area contributed by atoms with Gasteiger partial charge < -0.3 is 10.3 Å². The van der Waals surface area contributed by atoms with Crippen LogP contribution >= 0.6 is 11.3 Å². The fourth-order valence-electron chi connectivity index (χ4n) is 3.98. The predicted octanol–water partition coefficient (Wildman–Crippen LogP) is 4.45. The van der Waals surface area contributed by atoms with E-state index in [9.17, 15) is 4.79 Å². The van der Waals surface area contributed by atoms with Crippen molar-refractivity contribution in [3.63, 3.8) is 0 Å². The Kier molecular flexibility index (Phi) is 4.51. The first-order chi connectivity index (χ1) is 14.5. The van der Waals surface area contributed by atoms with Gasteiger partial charge in [0.2, 0.25) is 5.91 Å². The van der Waals surface area contributed by atoms with Crippen LogP contribution in [0.2, 0.25) is 0 Å². The number of rotatable bonds is 3. The molecular formula is C22H22N6OS. The van der Waals surface area contributed by atoms with Gasteiger partial charge in [-0.1, -0.05) is 29.5 Å². The number of nitrogens with zero attached hydrogens (tertiary/aromatic N) is 4. The van der Waals surface area contributed by atoms with E-state index < -0.39 is 0 Å². The standard InChI is InChI=1S/C22H22N6OS/c1-12-7-4-5-10-18(12)28-20-15(19(27-28)17-11-23-13(2)24-17)8-6-9-16-21(20)30-22(26-16)25-14(3)29/h4-5,7,10-11H,6,8-9H2,1-3H3,(H,23,24)(H,25,26,29). The van der Waals surface area contributed by atoms with E-state index in [0.29, 0.717) is 5.13 Å². The number of hydrogen-bond donors (Lipinski definition) is 2. The quantitative estimate of drug-likeness (QED) is 0.514. The number of aryl methyl sites for hydroxylation is 3. The van der Waals surface area contributed by atoms with Gasteiger partial charge in [0.15, 0.2) is 5.13 Å². The van der Waals surface area contributed by atoms with Crippen molar-refractivity contribution in [2.45, 2.75) is 40.0 Å². The van der Waals surface area contributed by atoms with Gasteiger partial charge in [-0.15, -0.1) is 0 Å². The first kappa shape index (κ1) is 18.7. The minimum Gasteiger partial charge on any atom is -0.348 e. The molecule has 0 atom stereocenters. The number of para-hydroxylation sites is 1. The lowest BCUT2D eigenvalue weighted by atomic mass is 10.1. The molecule has 0 aliphatic heterocycles. The molecule has 8 heteroatoms. The number of carbonyl (C=O) groups excluding carboxylic acids is 1. The number of benzene rings is 1. The van der Waals surface area contributed by atoms with Gasteiger partial charge >= 0.3 is 0 Å². The van der Waals surface area contributed by atoms with Gasteiger partial charge in [0.1, 0.15) is 17.2 Å². The topological polar surface area (TPSA) is 88.5 Å². The number of anilines is 1. The summed E-state index contributed by atoms with van der Waals surface area (Å²) in [6, 6.07) is 8.24. The zero-order chi connectivity index (χ0) is 20.8. The van der Waals surface area contributed by atoms with Crippen LogP contribution in [-0.2, 0) is 17.6 Å². The van der Waals surface area contributed by atoms with Crippen LogP contribution in [0, 0.1) is 13.8 Å². The molecular weight excluding hydrogens is 396 g/mol. The van der Waals surface area contributed by atoms with Crippen LogP contribution in [-0.4, -0.2) is 30.6 Å². The summed E-state index contributed by atoms with van der Waals surface area (Å²) >= 11 is 1.52. The molecule has 0 fully saturated rings. The molecule has 0 unspecified atom stereocenters. The Morgan fingerprint density at radius 1 is 1.20 bits per heavy atom. The van der Waals surface area contributed by atoms with E-state index >= 15 is 0 Å². The van der Waals surface area contributed by atoms with Crippen LogP contribution in [0.5, 0.6) is 0 Å². The summed E-state index contributed by atoms with van der Waals surface area (Å²) in [5.41, 5.74) is 7.19. The van der Waals surface area contributed by atoms with Crippen LogP contribution in [0.3, 0.4) is 0 Å². The highest BCUT2D eigenvalue weighted by Gasteiger charge is 2.29. The van der Waals surface area contributed by atoms with Gasteiger partial charge in [0.25, 0.3) is 0 Å². The fraction of sp³-hybridized carbons (Fsp3) is 0.273. The maximum absolute atomic E-state index is 11.6. The van der Waals surface area contributed by atoms with Crippen molar-refractivity contribution in [3.8, 4) is 27.6 Å². The average Bonchev–Trinajstić information content (AvgIpc) is 3.36. The molecule has 3 heterocycles. The molecule has 1 aliphatic rings. The van der Waals surface area contributed by atoms with Gasteiger partial charge in [-0.3, -0.25) is 4.79 Å². The Hall–Kier alpha value is -3.26. The van der Waals surface area contributed by atoms with Crippen molar-refractivity contribution in [2.75, 3.05) is 5.32 Å². The van der Waals surface area contributed by atoms with Crippen molar-refractivity contribution in [2.24, 2.45) is 0 Å². The van der Waals surface area contributed by atoms with Crippen molar-refractivity contribution < 1.29 is 4.79 Å². The smallest absolute Gasteiger partial charge is 0.223 e. The van der Waals surface area contributed by atoms with Gasteiger partial charge in [-0.05, 0) is 44.7 Å². The summed E-state index contributed by atoms with van der Waals surface area (Å²) in [6.45, 7) is 5.55. The molecule has 0 saturated carbocycles. The second-order valence-corrected chi connectivity index (χ2v) is 8.57. The van der Waals surface area contributed by atoms with Crippen LogP contribution in [0.1, 0.15) is 36.0 Å². The summed E-state index contributed by atoms with van der Waals surface area (Å²) in [5, 5.41) is 8.52. The Balaban J connectivity index is 1.79. The SMILES string of the molecule is CC(=O)Nc1nc2c(s1)-c1c(c(-c3c[nH]c(C)n3)nn1-c1ccccc1C)CCC2. The largest absolute Gasteiger partial charge is 0.348 e. The van der Waals surface area contributed by atoms with Crippen molar-refractivity contribution in [3.05, 3.63) is 53.1 Å². The molecule has 1 aliphatic carbocycles. The maximum Gasteiger partial charge on any atom is 0.223 e. The second-order valence-electron chi connectivity index (χ2n) is 7.57. The summed E-state index contributed by atoms with van der Waals surface area (Å²) in [5.74, 6) is 0.753. The van der Waals surface area contributed by atoms with Gasteiger partial charge in [0, 0.05) is 18.7 Å². The van der Waals surface area contributed by atoms with E-state index in [1.165, 1.54) is 23.8 Å². The number of H-pyrrole nitrogens is 1. The Morgan fingerprint density at radius 2 is 2.03 bits per heavy atom. The Bertz CT molecular complexity index is 1260. The van der Waals surface area contributed by atoms with E-state index in [2.05, 4.69) is 34.3 Å². The van der Waals surface area contributed by atoms with Crippen LogP contribution in [0.15, 0.2) is 30.5 Å². The monoisotopic (exact) mass is 418 g/mol. The highest BCUT2D eigenvalue weighted by Crippen LogP contribution is 2.43. The lowest BCUT2D eigenvalue weighted by Gasteiger charge is -2.10. The molecule has 3 aromatic heterocycles. The lowest BCUT2D eigenvalue weighted by Crippen LogP contribution is -2.05. The number of nitrogens with one attached hydrogen (secondary N) is 2. The van der Waals surface area contributed by atoms with Gasteiger partial charge in [0.05, 0.1) is 22.0 Å². The number of hydrogen-bond acceptors (Lipinski definition) is 5. The minimum atomic E-state index is -0.112. The second kappa shape index (κ2) is 7.21. The molecule has 5 rings (SSSR count). The summed E-state index contributed by atoms with van der Waals surface area (Å²) in [7, 11) is 0. The first-order valence-corrected chi connectivity index (χ1v) is 10.8. The zero-order valence-electron chi connectivity index (χ0n) is 17.1. The molecule has 152 valence electrons. The van der Waals surface area contributed by atoms with E-state index in [1.807, 2.05) is 29.9 Å². The van der Waals surface area contributed by atoms with E-state index in [0.717, 1.165) is 64.0 Å². The molecule has 30 heavy (non-hydrogen) atoms. The minimum absolute atomic E-state index is 0.112. The molecule has 1 aromatic carbocycles. The number of amides is 1. The molecule has 2 N–H and O–H groups in total. The van der Waals surface area contributed by atoms with Crippen molar-refractivity contribution >= 4 is 22.4 Å². The van der Waals surface area contributed by atoms with E-state index in [1.54, 1.807) is 0 Å². The predicted molar refractivity (Wildman–Crippen MR) is 118 cm³/mol. The van der Waals surface area contributed by atoms with E-state index in [-0.39, 0.29) is 5.91 Å². The van der Waals surface area contributed by atoms with Gasteiger partial charge in [-0.25, -0.2) is 14.6 Å². The molecule has 0 spiro atoms. The van der Waals surface area contributed by atoms with Crippen molar-refractivity contribution in [1.82, 2.24) is 24.7 Å².